The van der Waals surface area contributed by atoms with Crippen molar-refractivity contribution in [1.29, 1.82) is 0 Å². The van der Waals surface area contributed by atoms with Gasteiger partial charge in [-0.05, 0) is 124 Å². The van der Waals surface area contributed by atoms with Crippen molar-refractivity contribution >= 4 is 52.5 Å². The molecule has 9 rings (SSSR count). The van der Waals surface area contributed by atoms with E-state index in [1.165, 1.54) is 54.6 Å². The van der Waals surface area contributed by atoms with E-state index in [2.05, 4.69) is 32.6 Å². The van der Waals surface area contributed by atoms with Crippen LogP contribution in [-0.4, -0.2) is 73.7 Å². The quantitative estimate of drug-likeness (QED) is 0.195. The predicted molar refractivity (Wildman–Crippen MR) is 215 cm³/mol. The number of allylic oxidation sites excluding steroid dienone is 2. The van der Waals surface area contributed by atoms with Crippen molar-refractivity contribution in [3.8, 4) is 10.4 Å². The standard InChI is InChI=1S/C35H27F4N5O3S.C8H15NO/c36-23-8-11-25-28(17-23)44(14-12-21-16-29(48-30(21)25)33(46)43-31-26(35(37,38)39)4-2-13-40-31)34(47)19-6-9-24(10-7-19)42-32(45)22-15-20-3-1-5-27(20)41-18-22;1-9-6-8(7-9)2-4-10-5-3-8/h2,4,6-11,13,16-18,22H,1,3,5,12,14-15H2,(H,42,45)(H,40,43,46);2-7H2,1H3. The minimum absolute atomic E-state index is 0.145. The third kappa shape index (κ3) is 8.34. The van der Waals surface area contributed by atoms with Crippen LogP contribution in [0.5, 0.6) is 0 Å². The molecule has 3 amide bonds. The monoisotopic (exact) mass is 814 g/mol. The highest BCUT2D eigenvalue weighted by molar-refractivity contribution is 7.17. The Balaban J connectivity index is 0.000000407. The maximum atomic E-state index is 14.6. The van der Waals surface area contributed by atoms with E-state index in [0.717, 1.165) is 67.8 Å². The zero-order valence-corrected chi connectivity index (χ0v) is 32.6. The van der Waals surface area contributed by atoms with E-state index >= 15 is 0 Å². The van der Waals surface area contributed by atoms with Crippen molar-refractivity contribution < 1.29 is 36.7 Å². The van der Waals surface area contributed by atoms with Crippen LogP contribution in [0.4, 0.5) is 34.8 Å². The van der Waals surface area contributed by atoms with E-state index in [1.54, 1.807) is 36.5 Å². The SMILES string of the molecule is CN1CC2(CCOCC2)C1.O=C(Nc1ncccc1C(F)(F)F)c1cc2c(s1)-c1ccc(F)cc1N(C(=O)c1ccc(NC(=O)C3C=NC4=C(CCC4)C3)cc1)CC2. The zero-order chi connectivity index (χ0) is 40.6. The number of carbonyl (C=O) groups excluding carboxylic acids is 3. The molecule has 1 unspecified atom stereocenters. The second-order valence-electron chi connectivity index (χ2n) is 15.5. The molecule has 0 saturated carbocycles. The molecule has 2 saturated heterocycles. The first-order chi connectivity index (χ1) is 27.9. The van der Waals surface area contributed by atoms with Crippen molar-refractivity contribution in [2.75, 3.05) is 55.4 Å². The number of likely N-dealkylation sites (tertiary alicyclic amines) is 1. The van der Waals surface area contributed by atoms with Gasteiger partial charge in [-0.3, -0.25) is 19.4 Å². The Labute approximate surface area is 337 Å². The predicted octanol–water partition coefficient (Wildman–Crippen LogP) is 8.62. The fourth-order valence-corrected chi connectivity index (χ4v) is 9.61. The maximum absolute atomic E-state index is 14.6. The molecule has 302 valence electrons. The van der Waals surface area contributed by atoms with Gasteiger partial charge in [0.05, 0.1) is 22.0 Å². The average molecular weight is 815 g/mol. The Bertz CT molecular complexity index is 2280. The molecular weight excluding hydrogens is 773 g/mol. The Morgan fingerprint density at radius 2 is 1.74 bits per heavy atom. The number of benzene rings is 2. The molecule has 0 radical (unpaired) electrons. The Morgan fingerprint density at radius 1 is 0.966 bits per heavy atom. The molecule has 4 aromatic rings. The van der Waals surface area contributed by atoms with E-state index < -0.39 is 29.3 Å². The molecule has 2 fully saturated rings. The van der Waals surface area contributed by atoms with Gasteiger partial charge in [-0.2, -0.15) is 13.2 Å². The van der Waals surface area contributed by atoms with Gasteiger partial charge < -0.3 is 25.2 Å². The van der Waals surface area contributed by atoms with Gasteiger partial charge in [-0.25, -0.2) is 9.37 Å². The van der Waals surface area contributed by atoms with Crippen LogP contribution in [0.1, 0.15) is 69.7 Å². The van der Waals surface area contributed by atoms with E-state index in [9.17, 15) is 31.9 Å². The highest BCUT2D eigenvalue weighted by Crippen LogP contribution is 2.43. The van der Waals surface area contributed by atoms with Crippen molar-refractivity contribution in [3.63, 3.8) is 0 Å². The summed E-state index contributed by atoms with van der Waals surface area (Å²) in [6.07, 6.45) is 4.67. The first kappa shape index (κ1) is 39.6. The highest BCUT2D eigenvalue weighted by Gasteiger charge is 2.42. The summed E-state index contributed by atoms with van der Waals surface area (Å²) in [7, 11) is 2.20. The second kappa shape index (κ2) is 16.2. The van der Waals surface area contributed by atoms with Crippen LogP contribution < -0.4 is 15.5 Å². The normalized spacial score (nSPS) is 19.5. The van der Waals surface area contributed by atoms with Gasteiger partial charge in [0.2, 0.25) is 5.91 Å². The Kier molecular flexibility index (Phi) is 11.0. The molecule has 1 atom stereocenters. The van der Waals surface area contributed by atoms with Crippen LogP contribution in [-0.2, 0) is 22.1 Å². The number of hydrogen-bond acceptors (Lipinski definition) is 8. The fraction of sp³-hybridized carbons (Fsp3) is 0.372. The number of amides is 3. The number of nitrogens with one attached hydrogen (secondary N) is 2. The lowest BCUT2D eigenvalue weighted by Crippen LogP contribution is -2.56. The molecule has 2 aromatic carbocycles. The van der Waals surface area contributed by atoms with Crippen LogP contribution in [0.25, 0.3) is 10.4 Å². The van der Waals surface area contributed by atoms with Crippen LogP contribution >= 0.6 is 11.3 Å². The Morgan fingerprint density at radius 3 is 2.48 bits per heavy atom. The number of alkyl halides is 3. The van der Waals surface area contributed by atoms with Crippen LogP contribution in [0.15, 0.2) is 83.1 Å². The molecule has 10 nitrogen and oxygen atoms in total. The summed E-state index contributed by atoms with van der Waals surface area (Å²) < 4.78 is 60.3. The van der Waals surface area contributed by atoms with Crippen molar-refractivity contribution in [3.05, 3.63) is 106 Å². The Hall–Kier alpha value is -5.25. The number of halogens is 4. The van der Waals surface area contributed by atoms with Gasteiger partial charge in [-0.15, -0.1) is 11.3 Å². The first-order valence-corrected chi connectivity index (χ1v) is 20.2. The average Bonchev–Trinajstić information content (AvgIpc) is 3.82. The lowest BCUT2D eigenvalue weighted by molar-refractivity contribution is -0.137. The number of ether oxygens (including phenoxy) is 1. The first-order valence-electron chi connectivity index (χ1n) is 19.4. The molecule has 2 N–H and O–H groups in total. The molecule has 1 spiro atoms. The van der Waals surface area contributed by atoms with Crippen LogP contribution in [0, 0.1) is 17.2 Å². The number of pyridine rings is 1. The van der Waals surface area contributed by atoms with Crippen LogP contribution in [0.2, 0.25) is 0 Å². The molecule has 6 heterocycles. The molecule has 0 bridgehead atoms. The van der Waals surface area contributed by atoms with Gasteiger partial charge in [0.15, 0.2) is 0 Å². The van der Waals surface area contributed by atoms with E-state index in [1.807, 2.05) is 0 Å². The van der Waals surface area contributed by atoms with Gasteiger partial charge in [-0.1, -0.05) is 0 Å². The lowest BCUT2D eigenvalue weighted by Gasteiger charge is -2.50. The summed E-state index contributed by atoms with van der Waals surface area (Å²) in [5.41, 5.74) is 4.29. The van der Waals surface area contributed by atoms with Gasteiger partial charge in [0.25, 0.3) is 11.8 Å². The van der Waals surface area contributed by atoms with E-state index in [-0.39, 0.29) is 29.2 Å². The molecular formula is C43H42F4N6O4S. The van der Waals surface area contributed by atoms with Crippen molar-refractivity contribution in [2.45, 2.75) is 51.1 Å². The van der Waals surface area contributed by atoms with Crippen LogP contribution in [0.3, 0.4) is 0 Å². The van der Waals surface area contributed by atoms with Gasteiger partial charge >= 0.3 is 6.18 Å². The largest absolute Gasteiger partial charge is 0.419 e. The molecule has 58 heavy (non-hydrogen) atoms. The molecule has 1 aliphatic carbocycles. The minimum atomic E-state index is -4.71. The number of nitrogens with zero attached hydrogens (tertiary/aromatic N) is 4. The highest BCUT2D eigenvalue weighted by atomic mass is 32.1. The maximum Gasteiger partial charge on any atom is 0.419 e. The third-order valence-electron chi connectivity index (χ3n) is 11.4. The molecule has 15 heteroatoms. The fourth-order valence-electron chi connectivity index (χ4n) is 8.47. The topological polar surface area (TPSA) is 116 Å². The summed E-state index contributed by atoms with van der Waals surface area (Å²) in [4.78, 5) is 52.6. The summed E-state index contributed by atoms with van der Waals surface area (Å²) in [6, 6.07) is 14.0. The number of thiophene rings is 1. The smallest absolute Gasteiger partial charge is 0.381 e. The summed E-state index contributed by atoms with van der Waals surface area (Å²) in [6.45, 7) is 4.74. The van der Waals surface area contributed by atoms with Crippen molar-refractivity contribution in [1.82, 2.24) is 9.88 Å². The second-order valence-corrected chi connectivity index (χ2v) is 16.6. The summed E-state index contributed by atoms with van der Waals surface area (Å²) in [5, 5.41) is 5.17. The lowest BCUT2D eigenvalue weighted by atomic mass is 9.74. The number of aliphatic imine (C=N–C) groups is 1. The zero-order valence-electron chi connectivity index (χ0n) is 31.8. The van der Waals surface area contributed by atoms with Gasteiger partial charge in [0.1, 0.15) is 11.6 Å². The summed E-state index contributed by atoms with van der Waals surface area (Å²) >= 11 is 1.04. The number of anilines is 3. The number of carbonyl (C=O) groups is 3. The van der Waals surface area contributed by atoms with Crippen molar-refractivity contribution in [2.24, 2.45) is 16.3 Å². The molecule has 4 aliphatic heterocycles. The van der Waals surface area contributed by atoms with E-state index in [4.69, 9.17) is 4.74 Å². The number of rotatable bonds is 5. The molecule has 5 aliphatic rings. The summed E-state index contributed by atoms with van der Waals surface area (Å²) in [5.74, 6) is -2.85. The number of fused-ring (bicyclic) bond motifs is 3. The number of hydrogen-bond donors (Lipinski definition) is 2. The third-order valence-corrected chi connectivity index (χ3v) is 12.6. The number of aromatic nitrogens is 1. The van der Waals surface area contributed by atoms with Gasteiger partial charge in [0, 0.05) is 78.1 Å². The minimum Gasteiger partial charge on any atom is -0.381 e. The van der Waals surface area contributed by atoms with E-state index in [0.29, 0.717) is 51.2 Å². The molecule has 2 aromatic heterocycles.